The number of aliphatic hydroxyl groups excluding tert-OH is 3. The van der Waals surface area contributed by atoms with Crippen molar-refractivity contribution in [2.45, 2.75) is 78.9 Å². The van der Waals surface area contributed by atoms with E-state index in [0.717, 1.165) is 37.4 Å². The molecule has 0 aromatic rings. The molecule has 0 spiro atoms. The van der Waals surface area contributed by atoms with Crippen LogP contribution in [0.25, 0.3) is 0 Å². The fourth-order valence-corrected chi connectivity index (χ4v) is 5.31. The van der Waals surface area contributed by atoms with Gasteiger partial charge in [0.2, 0.25) is 0 Å². The Labute approximate surface area is 153 Å². The van der Waals surface area contributed by atoms with Crippen molar-refractivity contribution in [3.8, 4) is 0 Å². The molecule has 0 aliphatic heterocycles. The number of aliphatic hydroxyl groups is 3. The van der Waals surface area contributed by atoms with E-state index < -0.39 is 8.32 Å². The van der Waals surface area contributed by atoms with Crippen LogP contribution in [0.1, 0.15) is 60.8 Å². The summed E-state index contributed by atoms with van der Waals surface area (Å²) < 4.78 is 0. The quantitative estimate of drug-likeness (QED) is 0.514. The Morgan fingerprint density at radius 2 is 0.714 bits per heavy atom. The predicted octanol–water partition coefficient (Wildman–Crippen LogP) is 3.15. The van der Waals surface area contributed by atoms with Gasteiger partial charge in [0.15, 0.2) is 8.32 Å². The van der Waals surface area contributed by atoms with E-state index in [1.54, 1.807) is 20.8 Å². The number of hydrogen-bond donors (Lipinski definition) is 4. The molecule has 4 nitrogen and oxygen atoms in total. The minimum absolute atomic E-state index is 0. The normalized spacial score (nSPS) is 8.86. The molecule has 0 aliphatic rings. The third-order valence-corrected chi connectivity index (χ3v) is 6.44. The largest absolute Gasteiger partial charge is 0.432 e. The third kappa shape index (κ3) is 44.9. The summed E-state index contributed by atoms with van der Waals surface area (Å²) in [6.45, 7) is 12.3. The zero-order valence-corrected chi connectivity index (χ0v) is 18.6. The molecule has 0 saturated carbocycles. The van der Waals surface area contributed by atoms with Crippen molar-refractivity contribution in [1.82, 2.24) is 0 Å². The molecular weight excluding hydrogens is 363 g/mol. The van der Waals surface area contributed by atoms with Crippen molar-refractivity contribution in [1.29, 1.82) is 0 Å². The maximum absolute atomic E-state index is 10.2. The van der Waals surface area contributed by atoms with Gasteiger partial charge in [0.25, 0.3) is 0 Å². The maximum atomic E-state index is 10.2. The first-order valence-corrected chi connectivity index (χ1v) is 10.5. The summed E-state index contributed by atoms with van der Waals surface area (Å²) in [4.78, 5) is 10.2. The van der Waals surface area contributed by atoms with Crippen molar-refractivity contribution in [3.05, 3.63) is 0 Å². The first-order chi connectivity index (χ1) is 9.42. The molecule has 4 N–H and O–H groups in total. The molecule has 0 aromatic carbocycles. The zero-order valence-electron chi connectivity index (χ0n) is 15.2. The van der Waals surface area contributed by atoms with Gasteiger partial charge < -0.3 is 20.1 Å². The van der Waals surface area contributed by atoms with Crippen LogP contribution in [0, 0.1) is 0 Å². The summed E-state index contributed by atoms with van der Waals surface area (Å²) in [6, 6.07) is 3.32. The molecule has 0 heterocycles. The van der Waals surface area contributed by atoms with Gasteiger partial charge in [-0.25, -0.2) is 0 Å². The summed E-state index contributed by atoms with van der Waals surface area (Å²) >= 11 is 0. The van der Waals surface area contributed by atoms with E-state index in [1.165, 1.54) is 0 Å². The monoisotopic (exact) mass is 402 g/mol. The fraction of sp³-hybridized carbons (Fsp3) is 1.00. The second kappa shape index (κ2) is 32.8. The van der Waals surface area contributed by atoms with Gasteiger partial charge >= 0.3 is 0 Å². The van der Waals surface area contributed by atoms with Crippen LogP contribution in [-0.2, 0) is 26.2 Å². The second-order valence-corrected chi connectivity index (χ2v) is 8.37. The SMILES string of the molecule is CCC[Si](O)(CCC)CCC.CCO.CCO.CCO.[Zr]. The summed E-state index contributed by atoms with van der Waals surface area (Å²) in [5.41, 5.74) is 0. The Hall–Kier alpha value is 0.940. The topological polar surface area (TPSA) is 80.9 Å². The van der Waals surface area contributed by atoms with E-state index in [-0.39, 0.29) is 46.0 Å². The van der Waals surface area contributed by atoms with E-state index in [1.807, 2.05) is 0 Å². The molecule has 0 radical (unpaired) electrons. The van der Waals surface area contributed by atoms with Crippen LogP contribution in [0.3, 0.4) is 0 Å². The van der Waals surface area contributed by atoms with Crippen LogP contribution in [0.15, 0.2) is 0 Å². The molecule has 6 heteroatoms. The molecule has 0 unspecified atom stereocenters. The molecule has 0 rings (SSSR count). The molecule has 0 aliphatic carbocycles. The minimum atomic E-state index is -1.75. The average Bonchev–Trinajstić information content (AvgIpc) is 2.32. The number of rotatable bonds is 6. The first-order valence-electron chi connectivity index (χ1n) is 7.98. The van der Waals surface area contributed by atoms with Gasteiger partial charge in [0.1, 0.15) is 0 Å². The molecule has 0 fully saturated rings. The van der Waals surface area contributed by atoms with Gasteiger partial charge in [0.05, 0.1) is 0 Å². The third-order valence-electron chi connectivity index (χ3n) is 2.15. The minimum Gasteiger partial charge on any atom is -0.432 e. The predicted molar refractivity (Wildman–Crippen MR) is 91.5 cm³/mol. The summed E-state index contributed by atoms with van der Waals surface area (Å²) in [5.74, 6) is 0. The van der Waals surface area contributed by atoms with Crippen molar-refractivity contribution in [3.63, 3.8) is 0 Å². The maximum Gasteiger partial charge on any atom is 0.188 e. The van der Waals surface area contributed by atoms with Crippen molar-refractivity contribution in [2.75, 3.05) is 19.8 Å². The summed E-state index contributed by atoms with van der Waals surface area (Å²) in [5, 5.41) is 22.7. The molecule has 21 heavy (non-hydrogen) atoms. The Bertz CT molecular complexity index is 119. The van der Waals surface area contributed by atoms with Gasteiger partial charge in [-0.05, 0) is 38.9 Å². The van der Waals surface area contributed by atoms with Crippen LogP contribution < -0.4 is 0 Å². The van der Waals surface area contributed by atoms with E-state index >= 15 is 0 Å². The second-order valence-electron chi connectivity index (χ2n) is 4.42. The van der Waals surface area contributed by atoms with Gasteiger partial charge in [-0.1, -0.05) is 40.0 Å². The molecule has 0 atom stereocenters. The average molecular weight is 404 g/mol. The van der Waals surface area contributed by atoms with E-state index in [4.69, 9.17) is 15.3 Å². The Kier molecular flexibility index (Phi) is 52.3. The Morgan fingerprint density at radius 1 is 0.571 bits per heavy atom. The molecule has 132 valence electrons. The van der Waals surface area contributed by atoms with Crippen molar-refractivity contribution < 1.29 is 46.3 Å². The van der Waals surface area contributed by atoms with Crippen molar-refractivity contribution >= 4 is 8.32 Å². The molecule has 0 bridgehead atoms. The fourth-order valence-electron chi connectivity index (χ4n) is 1.77. The Balaban J connectivity index is -0.0000000711. The first kappa shape index (κ1) is 33.5. The van der Waals surface area contributed by atoms with Crippen LogP contribution in [0.5, 0.6) is 0 Å². The zero-order chi connectivity index (χ0) is 16.9. The van der Waals surface area contributed by atoms with Crippen LogP contribution in [-0.4, -0.2) is 48.3 Å². The van der Waals surface area contributed by atoms with Crippen LogP contribution >= 0.6 is 0 Å². The van der Waals surface area contributed by atoms with Gasteiger partial charge in [-0.15, -0.1) is 0 Å². The number of hydrogen-bond acceptors (Lipinski definition) is 4. The van der Waals surface area contributed by atoms with Gasteiger partial charge in [-0.2, -0.15) is 0 Å². The molecular formula is C15H40O4SiZr. The molecule has 0 aromatic heterocycles. The van der Waals surface area contributed by atoms with Crippen LogP contribution in [0.2, 0.25) is 18.1 Å². The molecule has 0 amide bonds. The van der Waals surface area contributed by atoms with E-state index in [0.29, 0.717) is 0 Å². The summed E-state index contributed by atoms with van der Waals surface area (Å²) in [6.07, 6.45) is 3.47. The summed E-state index contributed by atoms with van der Waals surface area (Å²) in [7, 11) is -1.75. The molecule has 0 saturated heterocycles. The van der Waals surface area contributed by atoms with E-state index in [2.05, 4.69) is 20.8 Å². The van der Waals surface area contributed by atoms with Crippen LogP contribution in [0.4, 0.5) is 0 Å². The van der Waals surface area contributed by atoms with E-state index in [9.17, 15) is 4.80 Å². The Morgan fingerprint density at radius 3 is 0.810 bits per heavy atom. The van der Waals surface area contributed by atoms with Gasteiger partial charge in [0, 0.05) is 46.0 Å². The van der Waals surface area contributed by atoms with Crippen molar-refractivity contribution in [2.24, 2.45) is 0 Å². The van der Waals surface area contributed by atoms with Gasteiger partial charge in [-0.3, -0.25) is 0 Å². The smallest absolute Gasteiger partial charge is 0.188 e. The standard InChI is InChI=1S/C9H22OSi.3C2H6O.Zr/c1-4-7-11(10,8-5-2)9-6-3;3*1-2-3;/h10H,4-9H2,1-3H3;3*3H,2H2,1H3;.